The summed E-state index contributed by atoms with van der Waals surface area (Å²) < 4.78 is 5.64. The number of fused-ring (bicyclic) bond motifs is 1. The van der Waals surface area contributed by atoms with Crippen LogP contribution in [-0.4, -0.2) is 53.2 Å². The van der Waals surface area contributed by atoms with Crippen LogP contribution < -0.4 is 0 Å². The molecular weight excluding hydrogens is 218 g/mol. The van der Waals surface area contributed by atoms with Crippen LogP contribution in [0.2, 0.25) is 0 Å². The van der Waals surface area contributed by atoms with Gasteiger partial charge in [-0.1, -0.05) is 0 Å². The Balaban J connectivity index is 1.93. The minimum atomic E-state index is -0.933. The third kappa shape index (κ3) is 2.44. The molecule has 1 heterocycles. The quantitative estimate of drug-likeness (QED) is 0.737. The van der Waals surface area contributed by atoms with E-state index in [1.807, 2.05) is 0 Å². The van der Waals surface area contributed by atoms with E-state index in [0.29, 0.717) is 25.3 Å². The Morgan fingerprint density at radius 1 is 1.60 bits per heavy atom. The molecule has 1 saturated carbocycles. The molecule has 1 aliphatic heterocycles. The van der Waals surface area contributed by atoms with Crippen LogP contribution in [0.4, 0.5) is 0 Å². The zero-order valence-electron chi connectivity index (χ0n) is 8.56. The lowest BCUT2D eigenvalue weighted by atomic mass is 10.1. The first-order chi connectivity index (χ1) is 7.18. The molecule has 1 aliphatic carbocycles. The highest BCUT2D eigenvalue weighted by Gasteiger charge is 2.37. The highest BCUT2D eigenvalue weighted by molar-refractivity contribution is 6.29. The molecule has 2 aliphatic rings. The van der Waals surface area contributed by atoms with Crippen molar-refractivity contribution in [3.63, 3.8) is 0 Å². The molecular formula is C10H16ClNO3. The number of carboxylic acid groups (broad SMARTS) is 1. The Morgan fingerprint density at radius 3 is 3.13 bits per heavy atom. The van der Waals surface area contributed by atoms with E-state index in [2.05, 4.69) is 4.90 Å². The summed E-state index contributed by atoms with van der Waals surface area (Å²) in [6.45, 7) is 1.93. The first-order valence-electron chi connectivity index (χ1n) is 5.41. The third-order valence-electron chi connectivity index (χ3n) is 3.26. The van der Waals surface area contributed by atoms with Crippen LogP contribution in [0.3, 0.4) is 0 Å². The Labute approximate surface area is 94.1 Å². The number of hydrogen-bond donors (Lipinski definition) is 1. The van der Waals surface area contributed by atoms with Gasteiger partial charge in [0.25, 0.3) is 0 Å². The van der Waals surface area contributed by atoms with Crippen LogP contribution in [0.1, 0.15) is 19.3 Å². The van der Waals surface area contributed by atoms with Crippen LogP contribution in [0.25, 0.3) is 0 Å². The molecule has 2 rings (SSSR count). The monoisotopic (exact) mass is 233 g/mol. The summed E-state index contributed by atoms with van der Waals surface area (Å²) in [6.07, 6.45) is 3.68. The minimum Gasteiger partial charge on any atom is -0.480 e. The molecule has 0 amide bonds. The largest absolute Gasteiger partial charge is 0.480 e. The van der Waals surface area contributed by atoms with Crippen molar-refractivity contribution in [3.05, 3.63) is 0 Å². The number of morpholine rings is 1. The molecule has 0 spiro atoms. The van der Waals surface area contributed by atoms with Gasteiger partial charge < -0.3 is 9.84 Å². The molecule has 0 aromatic rings. The number of carbonyl (C=O) groups is 1. The van der Waals surface area contributed by atoms with E-state index in [9.17, 15) is 4.79 Å². The summed E-state index contributed by atoms with van der Waals surface area (Å²) in [5, 5.41) is 7.96. The SMILES string of the molecule is O=C(O)C(Cl)CN1CCOC2CCCC21. The molecule has 1 N–H and O–H groups in total. The van der Waals surface area contributed by atoms with Crippen molar-refractivity contribution in [2.45, 2.75) is 36.8 Å². The molecule has 1 saturated heterocycles. The molecule has 2 fully saturated rings. The van der Waals surface area contributed by atoms with Crippen molar-refractivity contribution in [3.8, 4) is 0 Å². The number of alkyl halides is 1. The van der Waals surface area contributed by atoms with E-state index in [-0.39, 0.29) is 0 Å². The van der Waals surface area contributed by atoms with E-state index < -0.39 is 11.3 Å². The van der Waals surface area contributed by atoms with Crippen molar-refractivity contribution in [1.82, 2.24) is 4.90 Å². The molecule has 0 aromatic carbocycles. The fraction of sp³-hybridized carbons (Fsp3) is 0.900. The lowest BCUT2D eigenvalue weighted by Gasteiger charge is -2.38. The predicted molar refractivity (Wildman–Crippen MR) is 56.2 cm³/mol. The van der Waals surface area contributed by atoms with Crippen molar-refractivity contribution >= 4 is 17.6 Å². The zero-order valence-corrected chi connectivity index (χ0v) is 9.32. The van der Waals surface area contributed by atoms with E-state index in [4.69, 9.17) is 21.4 Å². The van der Waals surface area contributed by atoms with Gasteiger partial charge in [0.1, 0.15) is 5.38 Å². The van der Waals surface area contributed by atoms with Gasteiger partial charge in [0.2, 0.25) is 0 Å². The fourth-order valence-electron chi connectivity index (χ4n) is 2.52. The maximum absolute atomic E-state index is 10.7. The summed E-state index contributed by atoms with van der Waals surface area (Å²) in [4.78, 5) is 12.8. The van der Waals surface area contributed by atoms with E-state index in [0.717, 1.165) is 19.4 Å². The van der Waals surface area contributed by atoms with Crippen LogP contribution in [0.15, 0.2) is 0 Å². The highest BCUT2D eigenvalue weighted by atomic mass is 35.5. The fourth-order valence-corrected chi connectivity index (χ4v) is 2.69. The van der Waals surface area contributed by atoms with E-state index >= 15 is 0 Å². The Bertz CT molecular complexity index is 249. The average Bonchev–Trinajstić information content (AvgIpc) is 2.66. The number of rotatable bonds is 3. The molecule has 5 heteroatoms. The number of ether oxygens (including phenoxy) is 1. The molecule has 0 radical (unpaired) electrons. The molecule has 86 valence electrons. The van der Waals surface area contributed by atoms with Crippen molar-refractivity contribution in [2.75, 3.05) is 19.7 Å². The predicted octanol–water partition coefficient (Wildman–Crippen LogP) is 0.932. The van der Waals surface area contributed by atoms with Gasteiger partial charge >= 0.3 is 5.97 Å². The standard InChI is InChI=1S/C10H16ClNO3/c11-7(10(13)14)6-12-4-5-15-9-3-1-2-8(9)12/h7-9H,1-6H2,(H,13,14). The molecule has 3 unspecified atom stereocenters. The minimum absolute atomic E-state index is 0.302. The van der Waals surface area contributed by atoms with Crippen LogP contribution in [0.5, 0.6) is 0 Å². The van der Waals surface area contributed by atoms with Crippen LogP contribution in [-0.2, 0) is 9.53 Å². The van der Waals surface area contributed by atoms with Crippen molar-refractivity contribution in [1.29, 1.82) is 0 Å². The number of hydrogen-bond acceptors (Lipinski definition) is 3. The Kier molecular flexibility index (Phi) is 3.49. The summed E-state index contributed by atoms with van der Waals surface area (Å²) in [5.74, 6) is -0.933. The number of nitrogens with zero attached hydrogens (tertiary/aromatic N) is 1. The topological polar surface area (TPSA) is 49.8 Å². The second-order valence-corrected chi connectivity index (χ2v) is 4.74. The van der Waals surface area contributed by atoms with Crippen LogP contribution in [0, 0.1) is 0 Å². The first kappa shape index (κ1) is 11.2. The Hall–Kier alpha value is -0.320. The van der Waals surface area contributed by atoms with Crippen molar-refractivity contribution in [2.24, 2.45) is 0 Å². The maximum atomic E-state index is 10.7. The average molecular weight is 234 g/mol. The second kappa shape index (κ2) is 4.68. The van der Waals surface area contributed by atoms with Gasteiger partial charge in [-0.2, -0.15) is 0 Å². The number of carboxylic acids is 1. The van der Waals surface area contributed by atoms with Gasteiger partial charge in [0.15, 0.2) is 0 Å². The molecule has 15 heavy (non-hydrogen) atoms. The molecule has 4 nitrogen and oxygen atoms in total. The Morgan fingerprint density at radius 2 is 2.40 bits per heavy atom. The summed E-state index contributed by atoms with van der Waals surface area (Å²) in [5.41, 5.74) is 0. The molecule has 0 aromatic heterocycles. The van der Waals surface area contributed by atoms with Gasteiger partial charge in [0, 0.05) is 19.1 Å². The lowest BCUT2D eigenvalue weighted by molar-refractivity contribution is -0.137. The molecule has 3 atom stereocenters. The summed E-state index contributed by atoms with van der Waals surface area (Å²) in [7, 11) is 0. The highest BCUT2D eigenvalue weighted by Crippen LogP contribution is 2.29. The van der Waals surface area contributed by atoms with E-state index in [1.165, 1.54) is 6.42 Å². The van der Waals surface area contributed by atoms with E-state index in [1.54, 1.807) is 0 Å². The molecule has 0 bridgehead atoms. The zero-order chi connectivity index (χ0) is 10.8. The van der Waals surface area contributed by atoms with Crippen molar-refractivity contribution < 1.29 is 14.6 Å². The third-order valence-corrected chi connectivity index (χ3v) is 3.58. The van der Waals surface area contributed by atoms with Crippen LogP contribution >= 0.6 is 11.6 Å². The van der Waals surface area contributed by atoms with Gasteiger partial charge in [-0.05, 0) is 19.3 Å². The number of aliphatic carboxylic acids is 1. The van der Waals surface area contributed by atoms with Gasteiger partial charge in [0.05, 0.1) is 12.7 Å². The van der Waals surface area contributed by atoms with Gasteiger partial charge in [-0.15, -0.1) is 11.6 Å². The normalized spacial score (nSPS) is 33.7. The summed E-state index contributed by atoms with van der Waals surface area (Å²) in [6, 6.07) is 0.388. The maximum Gasteiger partial charge on any atom is 0.322 e. The van der Waals surface area contributed by atoms with Gasteiger partial charge in [-0.3, -0.25) is 9.69 Å². The second-order valence-electron chi connectivity index (χ2n) is 4.21. The lowest BCUT2D eigenvalue weighted by Crippen LogP contribution is -2.51. The smallest absolute Gasteiger partial charge is 0.322 e. The number of halogens is 1. The first-order valence-corrected chi connectivity index (χ1v) is 5.84. The van der Waals surface area contributed by atoms with Gasteiger partial charge in [-0.25, -0.2) is 0 Å². The summed E-state index contributed by atoms with van der Waals surface area (Å²) >= 11 is 5.76.